The van der Waals surface area contributed by atoms with Gasteiger partial charge in [-0.2, -0.15) is 0 Å². The van der Waals surface area contributed by atoms with E-state index in [1.165, 1.54) is 24.9 Å². The van der Waals surface area contributed by atoms with Gasteiger partial charge in [0.05, 0.1) is 26.2 Å². The molecule has 1 aliphatic heterocycles. The lowest BCUT2D eigenvalue weighted by Crippen LogP contribution is -2.49. The second kappa shape index (κ2) is 3.86. The predicted octanol–water partition coefficient (Wildman–Crippen LogP) is 2.95. The molecule has 1 unspecified atom stereocenters. The van der Waals surface area contributed by atoms with Gasteiger partial charge in [-0.3, -0.25) is 4.48 Å². The summed E-state index contributed by atoms with van der Waals surface area (Å²) in [5, 5.41) is 0. The van der Waals surface area contributed by atoms with Gasteiger partial charge in [0, 0.05) is 0 Å². The standard InChI is InChI=1S/C13H20NO/c1-4-5-10-14(2,3)13-11-8-6-7-9-12(11)15-13/h6-9,13H,4-5,10H2,1-3H3/q+1. The summed E-state index contributed by atoms with van der Waals surface area (Å²) < 4.78 is 6.75. The number of rotatable bonds is 4. The fraction of sp³-hybridized carbons (Fsp3) is 0.538. The summed E-state index contributed by atoms with van der Waals surface area (Å²) in [6.45, 7) is 3.41. The lowest BCUT2D eigenvalue weighted by atomic mass is 10.1. The molecule has 2 heteroatoms. The van der Waals surface area contributed by atoms with Gasteiger partial charge >= 0.3 is 0 Å². The Labute approximate surface area is 92.1 Å². The molecule has 1 heterocycles. The van der Waals surface area contributed by atoms with Gasteiger partial charge < -0.3 is 4.74 Å². The number of quaternary nitrogens is 1. The minimum atomic E-state index is 0.243. The fourth-order valence-corrected chi connectivity index (χ4v) is 2.12. The van der Waals surface area contributed by atoms with Gasteiger partial charge in [-0.15, -0.1) is 0 Å². The molecule has 0 saturated heterocycles. The molecule has 2 rings (SSSR count). The number of hydrogen-bond donors (Lipinski definition) is 0. The van der Waals surface area contributed by atoms with E-state index >= 15 is 0 Å². The molecule has 0 aliphatic carbocycles. The Hall–Kier alpha value is -1.02. The maximum absolute atomic E-state index is 5.82. The Morgan fingerprint density at radius 1 is 1.27 bits per heavy atom. The SMILES string of the molecule is CCCC[N+](C)(C)C1Oc2ccccc21. The highest BCUT2D eigenvalue weighted by Gasteiger charge is 2.40. The summed E-state index contributed by atoms with van der Waals surface area (Å²) in [5.74, 6) is 1.06. The molecule has 0 fully saturated rings. The van der Waals surface area contributed by atoms with E-state index in [9.17, 15) is 0 Å². The molecule has 0 radical (unpaired) electrons. The highest BCUT2D eigenvalue weighted by atomic mass is 16.5. The van der Waals surface area contributed by atoms with E-state index < -0.39 is 0 Å². The Morgan fingerprint density at radius 2 is 2.00 bits per heavy atom. The lowest BCUT2D eigenvalue weighted by Gasteiger charge is -2.43. The summed E-state index contributed by atoms with van der Waals surface area (Å²) in [5.41, 5.74) is 1.36. The minimum absolute atomic E-state index is 0.243. The van der Waals surface area contributed by atoms with Gasteiger partial charge in [0.1, 0.15) is 5.75 Å². The van der Waals surface area contributed by atoms with Crippen LogP contribution in [0.4, 0.5) is 0 Å². The van der Waals surface area contributed by atoms with E-state index in [-0.39, 0.29) is 6.23 Å². The molecule has 0 N–H and O–H groups in total. The molecule has 0 amide bonds. The van der Waals surface area contributed by atoms with Crippen molar-refractivity contribution >= 4 is 0 Å². The topological polar surface area (TPSA) is 9.23 Å². The molecule has 0 aromatic heterocycles. The molecule has 82 valence electrons. The van der Waals surface area contributed by atoms with Gasteiger partial charge in [-0.25, -0.2) is 0 Å². The summed E-state index contributed by atoms with van der Waals surface area (Å²) in [4.78, 5) is 0. The maximum Gasteiger partial charge on any atom is 0.263 e. The third-order valence-corrected chi connectivity index (χ3v) is 3.15. The summed E-state index contributed by atoms with van der Waals surface area (Å²) in [6, 6.07) is 8.34. The van der Waals surface area contributed by atoms with Gasteiger partial charge in [0.2, 0.25) is 0 Å². The first-order valence-corrected chi connectivity index (χ1v) is 5.73. The summed E-state index contributed by atoms with van der Waals surface area (Å²) >= 11 is 0. The van der Waals surface area contributed by atoms with Crippen molar-refractivity contribution in [2.75, 3.05) is 20.6 Å². The maximum atomic E-state index is 5.82. The van der Waals surface area contributed by atoms with Crippen LogP contribution in [0, 0.1) is 0 Å². The Bertz CT molecular complexity index is 346. The second-order valence-electron chi connectivity index (χ2n) is 4.86. The lowest BCUT2D eigenvalue weighted by molar-refractivity contribution is -0.944. The van der Waals surface area contributed by atoms with E-state index in [1.54, 1.807) is 0 Å². The van der Waals surface area contributed by atoms with Gasteiger partial charge in [0.15, 0.2) is 0 Å². The number of hydrogen-bond acceptors (Lipinski definition) is 1. The third kappa shape index (κ3) is 1.86. The molecule has 1 aromatic carbocycles. The highest BCUT2D eigenvalue weighted by Crippen LogP contribution is 2.42. The molecule has 2 nitrogen and oxygen atoms in total. The number of benzene rings is 1. The van der Waals surface area contributed by atoms with E-state index in [4.69, 9.17) is 4.74 Å². The van der Waals surface area contributed by atoms with Crippen LogP contribution in [0.5, 0.6) is 5.75 Å². The van der Waals surface area contributed by atoms with Crippen LogP contribution in [0.3, 0.4) is 0 Å². The molecule has 0 bridgehead atoms. The van der Waals surface area contributed by atoms with Crippen molar-refractivity contribution < 1.29 is 9.22 Å². The average Bonchev–Trinajstić information content (AvgIpc) is 2.17. The van der Waals surface area contributed by atoms with Crippen LogP contribution in [-0.2, 0) is 0 Å². The zero-order valence-corrected chi connectivity index (χ0v) is 9.86. The molecule has 0 spiro atoms. The molecule has 1 atom stereocenters. The number of fused-ring (bicyclic) bond motifs is 1. The molecule has 1 aromatic rings. The second-order valence-corrected chi connectivity index (χ2v) is 4.86. The number of para-hydroxylation sites is 1. The largest absolute Gasteiger partial charge is 0.438 e. The number of ether oxygens (including phenoxy) is 1. The third-order valence-electron chi connectivity index (χ3n) is 3.15. The van der Waals surface area contributed by atoms with E-state index in [0.29, 0.717) is 0 Å². The number of unbranched alkanes of at least 4 members (excludes halogenated alkanes) is 1. The average molecular weight is 206 g/mol. The van der Waals surface area contributed by atoms with Crippen molar-refractivity contribution in [1.29, 1.82) is 0 Å². The molecule has 1 aliphatic rings. The monoisotopic (exact) mass is 206 g/mol. The van der Waals surface area contributed by atoms with Gasteiger partial charge in [0.25, 0.3) is 6.23 Å². The normalized spacial score (nSPS) is 19.0. The highest BCUT2D eigenvalue weighted by molar-refractivity contribution is 5.40. The zero-order valence-electron chi connectivity index (χ0n) is 9.86. The summed E-state index contributed by atoms with van der Waals surface area (Å²) in [6.07, 6.45) is 2.75. The first-order valence-electron chi connectivity index (χ1n) is 5.73. The molecule has 15 heavy (non-hydrogen) atoms. The van der Waals surface area contributed by atoms with Crippen LogP contribution in [0.2, 0.25) is 0 Å². The Balaban J connectivity index is 2.09. The van der Waals surface area contributed by atoms with Crippen molar-refractivity contribution in [2.45, 2.75) is 26.0 Å². The first kappa shape index (κ1) is 10.5. The van der Waals surface area contributed by atoms with E-state index in [0.717, 1.165) is 10.2 Å². The van der Waals surface area contributed by atoms with Crippen LogP contribution in [0.15, 0.2) is 24.3 Å². The van der Waals surface area contributed by atoms with Crippen LogP contribution in [0.25, 0.3) is 0 Å². The van der Waals surface area contributed by atoms with Crippen molar-refractivity contribution in [2.24, 2.45) is 0 Å². The zero-order chi connectivity index (χ0) is 10.9. The van der Waals surface area contributed by atoms with Crippen molar-refractivity contribution in [3.05, 3.63) is 29.8 Å². The molecular formula is C13H20NO+. The fourth-order valence-electron chi connectivity index (χ4n) is 2.12. The molecular weight excluding hydrogens is 186 g/mol. The smallest absolute Gasteiger partial charge is 0.263 e. The van der Waals surface area contributed by atoms with Crippen LogP contribution < -0.4 is 4.74 Å². The van der Waals surface area contributed by atoms with E-state index in [1.807, 2.05) is 12.1 Å². The summed E-state index contributed by atoms with van der Waals surface area (Å²) in [7, 11) is 4.49. The van der Waals surface area contributed by atoms with Gasteiger partial charge in [-0.1, -0.05) is 25.5 Å². The predicted molar refractivity (Wildman–Crippen MR) is 61.7 cm³/mol. The quantitative estimate of drug-likeness (QED) is 0.688. The van der Waals surface area contributed by atoms with Crippen LogP contribution >= 0.6 is 0 Å². The minimum Gasteiger partial charge on any atom is -0.438 e. The van der Waals surface area contributed by atoms with Crippen molar-refractivity contribution in [1.82, 2.24) is 0 Å². The Kier molecular flexibility index (Phi) is 2.70. The van der Waals surface area contributed by atoms with Crippen LogP contribution in [0.1, 0.15) is 31.6 Å². The Morgan fingerprint density at radius 3 is 2.67 bits per heavy atom. The van der Waals surface area contributed by atoms with Gasteiger partial charge in [-0.05, 0) is 18.6 Å². The van der Waals surface area contributed by atoms with Crippen molar-refractivity contribution in [3.8, 4) is 5.75 Å². The first-order chi connectivity index (χ1) is 7.15. The van der Waals surface area contributed by atoms with E-state index in [2.05, 4.69) is 33.2 Å². The van der Waals surface area contributed by atoms with Crippen molar-refractivity contribution in [3.63, 3.8) is 0 Å². The number of nitrogens with zero attached hydrogens (tertiary/aromatic N) is 1. The molecule has 0 saturated carbocycles. The van der Waals surface area contributed by atoms with Crippen LogP contribution in [-0.4, -0.2) is 25.1 Å².